The fourth-order valence-corrected chi connectivity index (χ4v) is 3.15. The predicted octanol–water partition coefficient (Wildman–Crippen LogP) is 3.32. The minimum absolute atomic E-state index is 0.126. The number of hydrogen-bond donors (Lipinski definition) is 2. The summed E-state index contributed by atoms with van der Waals surface area (Å²) in [5.41, 5.74) is 0.632. The van der Waals surface area contributed by atoms with Gasteiger partial charge >= 0.3 is 6.03 Å². The third kappa shape index (κ3) is 4.76. The van der Waals surface area contributed by atoms with Crippen molar-refractivity contribution in [2.75, 3.05) is 29.9 Å². The van der Waals surface area contributed by atoms with E-state index in [4.69, 9.17) is 16.3 Å². The fraction of sp³-hybridized carbons (Fsp3) is 0.389. The first-order valence-electron chi connectivity index (χ1n) is 8.66. The first-order chi connectivity index (χ1) is 12.7. The fourth-order valence-electron chi connectivity index (χ4n) is 2.91. The van der Waals surface area contributed by atoms with Gasteiger partial charge in [-0.3, -0.25) is 4.98 Å². The Morgan fingerprint density at radius 2 is 2.15 bits per heavy atom. The number of carbonyl (C=O) groups is 1. The number of benzene rings is 1. The molecule has 2 N–H and O–H groups in total. The average molecular weight is 376 g/mol. The Labute approximate surface area is 157 Å². The molecule has 0 radical (unpaired) electrons. The largest absolute Gasteiger partial charge is 0.492 e. The molecular formula is C18H22ClN5O2. The van der Waals surface area contributed by atoms with Crippen molar-refractivity contribution < 1.29 is 9.53 Å². The molecule has 2 amide bonds. The smallest absolute Gasteiger partial charge is 0.319 e. The van der Waals surface area contributed by atoms with Crippen molar-refractivity contribution in [2.45, 2.75) is 25.8 Å². The van der Waals surface area contributed by atoms with Gasteiger partial charge in [0.25, 0.3) is 0 Å². The molecule has 138 valence electrons. The lowest BCUT2D eigenvalue weighted by Gasteiger charge is -2.32. The molecule has 2 heterocycles. The maximum Gasteiger partial charge on any atom is 0.319 e. The van der Waals surface area contributed by atoms with Crippen LogP contribution < -0.4 is 20.3 Å². The summed E-state index contributed by atoms with van der Waals surface area (Å²) in [7, 11) is 0. The second kappa shape index (κ2) is 8.71. The standard InChI is InChI=1S/C18H22ClN5O2/c1-2-26-16-4-3-14(11-15(16)19)23-18(25)22-13-5-9-24(10-6-13)17-12-20-7-8-21-17/h3-4,7-8,11-13H,2,5-6,9-10H2,1H3,(H2,22,23,25). The molecule has 0 atom stereocenters. The highest BCUT2D eigenvalue weighted by molar-refractivity contribution is 6.32. The lowest BCUT2D eigenvalue weighted by molar-refractivity contribution is 0.246. The van der Waals surface area contributed by atoms with Gasteiger partial charge in [-0.15, -0.1) is 0 Å². The van der Waals surface area contributed by atoms with Crippen LogP contribution in [0.2, 0.25) is 5.02 Å². The van der Waals surface area contributed by atoms with Crippen molar-refractivity contribution in [3.8, 4) is 5.75 Å². The number of urea groups is 1. The van der Waals surface area contributed by atoms with Crippen LogP contribution in [-0.2, 0) is 0 Å². The molecule has 26 heavy (non-hydrogen) atoms. The number of anilines is 2. The zero-order chi connectivity index (χ0) is 18.4. The summed E-state index contributed by atoms with van der Waals surface area (Å²) in [6, 6.07) is 5.10. The van der Waals surface area contributed by atoms with Gasteiger partial charge in [0.1, 0.15) is 11.6 Å². The highest BCUT2D eigenvalue weighted by atomic mass is 35.5. The Kier molecular flexibility index (Phi) is 6.12. The zero-order valence-electron chi connectivity index (χ0n) is 14.6. The second-order valence-electron chi connectivity index (χ2n) is 6.00. The van der Waals surface area contributed by atoms with E-state index in [9.17, 15) is 4.79 Å². The quantitative estimate of drug-likeness (QED) is 0.838. The van der Waals surface area contributed by atoms with E-state index >= 15 is 0 Å². The van der Waals surface area contributed by atoms with Crippen molar-refractivity contribution in [2.24, 2.45) is 0 Å². The van der Waals surface area contributed by atoms with Crippen LogP contribution >= 0.6 is 11.6 Å². The molecule has 1 saturated heterocycles. The third-order valence-electron chi connectivity index (χ3n) is 4.19. The van der Waals surface area contributed by atoms with Gasteiger partial charge in [-0.1, -0.05) is 11.6 Å². The van der Waals surface area contributed by atoms with Gasteiger partial charge in [0.2, 0.25) is 0 Å². The van der Waals surface area contributed by atoms with E-state index in [1.165, 1.54) is 0 Å². The molecule has 0 saturated carbocycles. The van der Waals surface area contributed by atoms with Crippen LogP contribution in [0.3, 0.4) is 0 Å². The summed E-state index contributed by atoms with van der Waals surface area (Å²) in [6.45, 7) is 4.10. The minimum atomic E-state index is -0.233. The number of rotatable bonds is 5. The molecule has 1 aliphatic heterocycles. The number of aromatic nitrogens is 2. The van der Waals surface area contributed by atoms with Crippen LogP contribution in [0.5, 0.6) is 5.75 Å². The summed E-state index contributed by atoms with van der Waals surface area (Å²) in [5.74, 6) is 1.48. The third-order valence-corrected chi connectivity index (χ3v) is 4.49. The summed E-state index contributed by atoms with van der Waals surface area (Å²) in [6.07, 6.45) is 6.82. The van der Waals surface area contributed by atoms with Crippen LogP contribution in [0.15, 0.2) is 36.8 Å². The first-order valence-corrected chi connectivity index (χ1v) is 9.04. The van der Waals surface area contributed by atoms with Crippen molar-refractivity contribution in [3.05, 3.63) is 41.8 Å². The van der Waals surface area contributed by atoms with E-state index in [-0.39, 0.29) is 12.1 Å². The van der Waals surface area contributed by atoms with E-state index in [1.54, 1.807) is 36.8 Å². The molecule has 0 unspecified atom stereocenters. The molecule has 0 spiro atoms. The Morgan fingerprint density at radius 3 is 2.81 bits per heavy atom. The van der Waals surface area contributed by atoms with Gasteiger partial charge in [-0.2, -0.15) is 0 Å². The maximum atomic E-state index is 12.2. The Morgan fingerprint density at radius 1 is 1.35 bits per heavy atom. The zero-order valence-corrected chi connectivity index (χ0v) is 15.4. The summed E-state index contributed by atoms with van der Waals surface area (Å²) < 4.78 is 5.39. The number of piperidine rings is 1. The van der Waals surface area contributed by atoms with Crippen LogP contribution in [0.25, 0.3) is 0 Å². The minimum Gasteiger partial charge on any atom is -0.492 e. The van der Waals surface area contributed by atoms with Crippen molar-refractivity contribution in [3.63, 3.8) is 0 Å². The molecule has 7 nitrogen and oxygen atoms in total. The Hall–Kier alpha value is -2.54. The number of amides is 2. The molecule has 1 aliphatic rings. The van der Waals surface area contributed by atoms with Crippen molar-refractivity contribution in [1.82, 2.24) is 15.3 Å². The van der Waals surface area contributed by atoms with Crippen LogP contribution in [0.1, 0.15) is 19.8 Å². The van der Waals surface area contributed by atoms with Crippen LogP contribution in [0, 0.1) is 0 Å². The van der Waals surface area contributed by atoms with Gasteiger partial charge in [-0.25, -0.2) is 9.78 Å². The summed E-state index contributed by atoms with van der Waals surface area (Å²) in [4.78, 5) is 22.8. The topological polar surface area (TPSA) is 79.4 Å². The van der Waals surface area contributed by atoms with Crippen molar-refractivity contribution >= 4 is 29.1 Å². The van der Waals surface area contributed by atoms with E-state index in [1.807, 2.05) is 6.92 Å². The summed E-state index contributed by atoms with van der Waals surface area (Å²) in [5, 5.41) is 6.30. The van der Waals surface area contributed by atoms with Gasteiger partial charge < -0.3 is 20.3 Å². The van der Waals surface area contributed by atoms with E-state index in [0.717, 1.165) is 31.7 Å². The number of nitrogens with zero attached hydrogens (tertiary/aromatic N) is 3. The number of nitrogens with one attached hydrogen (secondary N) is 2. The second-order valence-corrected chi connectivity index (χ2v) is 6.41. The normalized spacial score (nSPS) is 14.8. The van der Waals surface area contributed by atoms with Crippen LogP contribution in [-0.4, -0.2) is 41.7 Å². The number of halogens is 1. The SMILES string of the molecule is CCOc1ccc(NC(=O)NC2CCN(c3cnccn3)CC2)cc1Cl. The molecule has 1 aromatic carbocycles. The maximum absolute atomic E-state index is 12.2. The lowest BCUT2D eigenvalue weighted by Crippen LogP contribution is -2.46. The van der Waals surface area contributed by atoms with E-state index in [0.29, 0.717) is 23.1 Å². The molecule has 3 rings (SSSR count). The van der Waals surface area contributed by atoms with Gasteiger partial charge in [0.15, 0.2) is 0 Å². The van der Waals surface area contributed by atoms with Gasteiger partial charge in [0, 0.05) is 37.2 Å². The van der Waals surface area contributed by atoms with Crippen molar-refractivity contribution in [1.29, 1.82) is 0 Å². The number of hydrogen-bond acceptors (Lipinski definition) is 5. The number of carbonyl (C=O) groups excluding carboxylic acids is 1. The molecule has 1 fully saturated rings. The molecule has 8 heteroatoms. The first kappa shape index (κ1) is 18.3. The number of ether oxygens (including phenoxy) is 1. The monoisotopic (exact) mass is 375 g/mol. The van der Waals surface area contributed by atoms with Gasteiger partial charge in [-0.05, 0) is 38.0 Å². The highest BCUT2D eigenvalue weighted by Crippen LogP contribution is 2.27. The lowest BCUT2D eigenvalue weighted by atomic mass is 10.1. The molecule has 1 aromatic heterocycles. The highest BCUT2D eigenvalue weighted by Gasteiger charge is 2.21. The molecular weight excluding hydrogens is 354 g/mol. The van der Waals surface area contributed by atoms with E-state index in [2.05, 4.69) is 25.5 Å². The molecule has 0 bridgehead atoms. The average Bonchev–Trinajstić information content (AvgIpc) is 2.65. The predicted molar refractivity (Wildman–Crippen MR) is 102 cm³/mol. The Balaban J connectivity index is 1.48. The van der Waals surface area contributed by atoms with E-state index < -0.39 is 0 Å². The Bertz CT molecular complexity index is 736. The van der Waals surface area contributed by atoms with Gasteiger partial charge in [0.05, 0.1) is 17.8 Å². The summed E-state index contributed by atoms with van der Waals surface area (Å²) >= 11 is 6.14. The van der Waals surface area contributed by atoms with Crippen LogP contribution in [0.4, 0.5) is 16.3 Å². The molecule has 0 aliphatic carbocycles. The molecule has 2 aromatic rings.